The second-order valence-corrected chi connectivity index (χ2v) is 8.78. The zero-order valence-corrected chi connectivity index (χ0v) is 15.3. The monoisotopic (exact) mass is 395 g/mol. The van der Waals surface area contributed by atoms with Crippen molar-refractivity contribution in [1.29, 1.82) is 0 Å². The van der Waals surface area contributed by atoms with Gasteiger partial charge in [0.2, 0.25) is 5.91 Å². The van der Waals surface area contributed by atoms with Crippen LogP contribution >= 0.6 is 11.3 Å². The average Bonchev–Trinajstić information content (AvgIpc) is 3.22. The Labute approximate surface area is 154 Å². The molecule has 0 spiro atoms. The van der Waals surface area contributed by atoms with Crippen LogP contribution in [0.2, 0.25) is 0 Å². The second kappa shape index (κ2) is 7.89. The molecule has 0 bridgehead atoms. The molecule has 3 rings (SSSR count). The van der Waals surface area contributed by atoms with E-state index in [0.717, 1.165) is 11.3 Å². The van der Waals surface area contributed by atoms with Crippen LogP contribution in [0.4, 0.5) is 0 Å². The van der Waals surface area contributed by atoms with Crippen LogP contribution in [0.3, 0.4) is 0 Å². The number of carbonyl (C=O) groups excluding carboxylic acids is 2. The molecule has 1 unspecified atom stereocenters. The van der Waals surface area contributed by atoms with Crippen LogP contribution in [-0.2, 0) is 14.8 Å². The largest absolute Gasteiger partial charge is 0.289 e. The number of aromatic nitrogens is 2. The number of hydrazine groups is 1. The highest BCUT2D eigenvalue weighted by molar-refractivity contribution is 7.91. The summed E-state index contributed by atoms with van der Waals surface area (Å²) in [5.74, 6) is -1.57. The summed E-state index contributed by atoms with van der Waals surface area (Å²) >= 11 is 1.14. The Balaban J connectivity index is 1.59. The van der Waals surface area contributed by atoms with Gasteiger partial charge in [-0.1, -0.05) is 6.07 Å². The lowest BCUT2D eigenvalue weighted by Gasteiger charge is -2.30. The zero-order valence-electron chi connectivity index (χ0n) is 13.7. The highest BCUT2D eigenvalue weighted by Crippen LogP contribution is 2.26. The van der Waals surface area contributed by atoms with Crippen LogP contribution in [0.1, 0.15) is 23.3 Å². The van der Waals surface area contributed by atoms with Crippen LogP contribution in [0.5, 0.6) is 0 Å². The number of nitrogens with one attached hydrogen (secondary N) is 2. The molecule has 11 heteroatoms. The van der Waals surface area contributed by atoms with Gasteiger partial charge in [-0.05, 0) is 24.3 Å². The quantitative estimate of drug-likeness (QED) is 0.723. The predicted molar refractivity (Wildman–Crippen MR) is 93.4 cm³/mol. The number of carbonyl (C=O) groups is 2. The third-order valence-electron chi connectivity index (χ3n) is 3.94. The smallest absolute Gasteiger partial charge is 0.273 e. The Morgan fingerprint density at radius 2 is 2.12 bits per heavy atom. The van der Waals surface area contributed by atoms with Gasteiger partial charge in [0.25, 0.3) is 15.9 Å². The number of sulfonamides is 1. The topological polar surface area (TPSA) is 121 Å². The molecular weight excluding hydrogens is 378 g/mol. The first-order valence-corrected chi connectivity index (χ1v) is 10.2. The third kappa shape index (κ3) is 4.06. The molecule has 1 fully saturated rings. The van der Waals surface area contributed by atoms with Crippen LogP contribution in [-0.4, -0.2) is 47.6 Å². The van der Waals surface area contributed by atoms with Crippen LogP contribution in [0.15, 0.2) is 40.3 Å². The lowest BCUT2D eigenvalue weighted by atomic mass is 9.99. The molecule has 3 heterocycles. The SMILES string of the molecule is O=C(NNC(=O)C1CCCN(S(=O)(=O)c2cccs2)C1)c1cnccn1. The number of rotatable bonds is 4. The van der Waals surface area contributed by atoms with Crippen LogP contribution < -0.4 is 10.9 Å². The fourth-order valence-corrected chi connectivity index (χ4v) is 5.28. The fourth-order valence-electron chi connectivity index (χ4n) is 2.61. The minimum absolute atomic E-state index is 0.0679. The lowest BCUT2D eigenvalue weighted by Crippen LogP contribution is -2.50. The molecule has 1 saturated heterocycles. The first kappa shape index (κ1) is 18.4. The van der Waals surface area contributed by atoms with E-state index in [1.807, 2.05) is 0 Å². The molecule has 138 valence electrons. The van der Waals surface area contributed by atoms with Gasteiger partial charge < -0.3 is 0 Å². The number of hydrogen-bond donors (Lipinski definition) is 2. The first-order chi connectivity index (χ1) is 12.5. The third-order valence-corrected chi connectivity index (χ3v) is 7.18. The number of piperidine rings is 1. The summed E-state index contributed by atoms with van der Waals surface area (Å²) in [4.78, 5) is 31.8. The van der Waals surface area contributed by atoms with Crippen molar-refractivity contribution in [3.63, 3.8) is 0 Å². The van der Waals surface area contributed by atoms with Gasteiger partial charge in [0.05, 0.1) is 12.1 Å². The van der Waals surface area contributed by atoms with E-state index in [1.54, 1.807) is 17.5 Å². The number of thiophene rings is 1. The predicted octanol–water partition coefficient (Wildman–Crippen LogP) is 0.400. The summed E-state index contributed by atoms with van der Waals surface area (Å²) in [6, 6.07) is 3.22. The van der Waals surface area contributed by atoms with Gasteiger partial charge in [0, 0.05) is 25.5 Å². The van der Waals surface area contributed by atoms with E-state index in [9.17, 15) is 18.0 Å². The van der Waals surface area contributed by atoms with Crippen LogP contribution in [0.25, 0.3) is 0 Å². The van der Waals surface area contributed by atoms with Crippen molar-refractivity contribution in [1.82, 2.24) is 25.1 Å². The van der Waals surface area contributed by atoms with Crippen molar-refractivity contribution in [2.45, 2.75) is 17.1 Å². The van der Waals surface area contributed by atoms with Crippen molar-refractivity contribution in [3.05, 3.63) is 41.8 Å². The van der Waals surface area contributed by atoms with E-state index in [4.69, 9.17) is 0 Å². The summed E-state index contributed by atoms with van der Waals surface area (Å²) in [5, 5.41) is 1.70. The molecule has 2 aromatic heterocycles. The summed E-state index contributed by atoms with van der Waals surface area (Å²) in [5.41, 5.74) is 4.67. The van der Waals surface area contributed by atoms with E-state index >= 15 is 0 Å². The zero-order chi connectivity index (χ0) is 18.6. The maximum Gasteiger partial charge on any atom is 0.289 e. The van der Waals surface area contributed by atoms with Gasteiger partial charge in [0.15, 0.2) is 0 Å². The summed E-state index contributed by atoms with van der Waals surface area (Å²) in [7, 11) is -3.59. The van der Waals surface area contributed by atoms with Crippen molar-refractivity contribution >= 4 is 33.2 Å². The minimum atomic E-state index is -3.59. The molecule has 1 aliphatic rings. The normalized spacial score (nSPS) is 18.2. The number of nitrogens with zero attached hydrogens (tertiary/aromatic N) is 3. The van der Waals surface area contributed by atoms with Gasteiger partial charge in [-0.2, -0.15) is 4.31 Å². The average molecular weight is 395 g/mol. The minimum Gasteiger partial charge on any atom is -0.273 e. The molecular formula is C15H17N5O4S2. The molecule has 2 aromatic rings. The van der Waals surface area contributed by atoms with E-state index in [-0.39, 0.29) is 16.4 Å². The van der Waals surface area contributed by atoms with Gasteiger partial charge in [-0.15, -0.1) is 11.3 Å². The molecule has 2 N–H and O–H groups in total. The Hall–Kier alpha value is -2.37. The summed E-state index contributed by atoms with van der Waals surface area (Å²) in [6.45, 7) is 0.447. The van der Waals surface area contributed by atoms with Crippen molar-refractivity contribution in [2.75, 3.05) is 13.1 Å². The standard InChI is InChI=1S/C15H17N5O4S2/c21-14(18-19-15(22)12-9-16-5-6-17-12)11-3-1-7-20(10-11)26(23,24)13-4-2-8-25-13/h2,4-6,8-9,11H,1,3,7,10H2,(H,18,21)(H,19,22). The summed E-state index contributed by atoms with van der Waals surface area (Å²) in [6.07, 6.45) is 5.19. The highest BCUT2D eigenvalue weighted by atomic mass is 32.2. The van der Waals surface area contributed by atoms with E-state index < -0.39 is 27.8 Å². The Bertz CT molecular complexity index is 871. The fraction of sp³-hybridized carbons (Fsp3) is 0.333. The first-order valence-electron chi connectivity index (χ1n) is 7.88. The Kier molecular flexibility index (Phi) is 5.59. The Morgan fingerprint density at radius 3 is 2.81 bits per heavy atom. The van der Waals surface area contributed by atoms with Gasteiger partial charge in [-0.3, -0.25) is 25.4 Å². The van der Waals surface area contributed by atoms with Crippen molar-refractivity contribution < 1.29 is 18.0 Å². The Morgan fingerprint density at radius 1 is 1.27 bits per heavy atom. The second-order valence-electron chi connectivity index (χ2n) is 5.67. The molecule has 1 atom stereocenters. The summed E-state index contributed by atoms with van der Waals surface area (Å²) < 4.78 is 26.7. The van der Waals surface area contributed by atoms with Crippen molar-refractivity contribution in [2.24, 2.45) is 5.92 Å². The maximum atomic E-state index is 12.6. The molecule has 0 aromatic carbocycles. The molecule has 26 heavy (non-hydrogen) atoms. The number of hydrogen-bond acceptors (Lipinski definition) is 7. The van der Waals surface area contributed by atoms with E-state index in [1.165, 1.54) is 22.9 Å². The van der Waals surface area contributed by atoms with Gasteiger partial charge in [-0.25, -0.2) is 13.4 Å². The molecule has 0 radical (unpaired) electrons. The molecule has 1 aliphatic heterocycles. The number of amides is 2. The molecule has 0 saturated carbocycles. The highest BCUT2D eigenvalue weighted by Gasteiger charge is 2.33. The maximum absolute atomic E-state index is 12.6. The van der Waals surface area contributed by atoms with Gasteiger partial charge >= 0.3 is 0 Å². The molecule has 9 nitrogen and oxygen atoms in total. The van der Waals surface area contributed by atoms with E-state index in [2.05, 4.69) is 20.8 Å². The van der Waals surface area contributed by atoms with Crippen molar-refractivity contribution in [3.8, 4) is 0 Å². The molecule has 0 aliphatic carbocycles. The lowest BCUT2D eigenvalue weighted by molar-refractivity contribution is -0.126. The van der Waals surface area contributed by atoms with Gasteiger partial charge in [0.1, 0.15) is 9.90 Å². The molecule has 2 amide bonds. The van der Waals surface area contributed by atoms with Crippen LogP contribution in [0, 0.1) is 5.92 Å². The van der Waals surface area contributed by atoms with E-state index in [0.29, 0.717) is 19.4 Å².